The smallest absolute Gasteiger partial charge is 0.329 e. The molecule has 2 N–H and O–H groups in total. The maximum Gasteiger partial charge on any atom is 0.344 e. The van der Waals surface area contributed by atoms with Gasteiger partial charge >= 0.3 is 4.96 Å². The van der Waals surface area contributed by atoms with E-state index in [1.807, 2.05) is 59.3 Å². The van der Waals surface area contributed by atoms with Gasteiger partial charge in [-0.05, 0) is 24.3 Å². The van der Waals surface area contributed by atoms with Crippen LogP contribution >= 0.6 is 11.3 Å². The second-order valence-corrected chi connectivity index (χ2v) is 8.41. The highest BCUT2D eigenvalue weighted by Crippen LogP contribution is 2.27. The molecule has 0 saturated carbocycles. The summed E-state index contributed by atoms with van der Waals surface area (Å²) < 4.78 is 4.16. The lowest BCUT2D eigenvalue weighted by Gasteiger charge is -2.08. The number of para-hydroxylation sites is 3. The van der Waals surface area contributed by atoms with E-state index in [9.17, 15) is 4.79 Å². The summed E-state index contributed by atoms with van der Waals surface area (Å²) in [5.74, 6) is -0.303. The van der Waals surface area contributed by atoms with E-state index in [0.717, 1.165) is 34.0 Å². The van der Waals surface area contributed by atoms with Crippen molar-refractivity contribution in [3.05, 3.63) is 96.4 Å². The first-order valence-corrected chi connectivity index (χ1v) is 11.2. The van der Waals surface area contributed by atoms with Gasteiger partial charge in [0.25, 0.3) is 5.91 Å². The predicted octanol–water partition coefficient (Wildman–Crippen LogP) is 3.92. The summed E-state index contributed by atoms with van der Waals surface area (Å²) in [5.41, 5.74) is 5.35. The van der Waals surface area contributed by atoms with Crippen LogP contribution in [0, 0.1) is 0 Å². The summed E-state index contributed by atoms with van der Waals surface area (Å²) in [5, 5.41) is 5.12. The fourth-order valence-corrected chi connectivity index (χ4v) is 4.66. The number of hydrogen-bond acceptors (Lipinski definition) is 5. The quantitative estimate of drug-likeness (QED) is 0.388. The van der Waals surface area contributed by atoms with Crippen molar-refractivity contribution >= 4 is 38.9 Å². The van der Waals surface area contributed by atoms with Crippen LogP contribution in [0.1, 0.15) is 16.2 Å². The number of H-pyrrole nitrogens is 1. The largest absolute Gasteiger partial charge is 0.344 e. The Morgan fingerprint density at radius 1 is 1.12 bits per heavy atom. The van der Waals surface area contributed by atoms with Crippen LogP contribution in [-0.4, -0.2) is 30.4 Å². The van der Waals surface area contributed by atoms with E-state index in [4.69, 9.17) is 0 Å². The molecule has 0 aliphatic rings. The van der Waals surface area contributed by atoms with Gasteiger partial charge in [0.1, 0.15) is 17.6 Å². The topological polar surface area (TPSA) is 92.6 Å². The van der Waals surface area contributed by atoms with Crippen molar-refractivity contribution in [1.29, 1.82) is 0 Å². The van der Waals surface area contributed by atoms with Gasteiger partial charge in [-0.15, -0.1) is 0 Å². The van der Waals surface area contributed by atoms with Crippen LogP contribution in [0.4, 0.5) is 5.69 Å². The molecule has 0 radical (unpaired) electrons. The number of carbonyl (C=O) groups excluding carboxylic acids is 1. The average Bonchev–Trinajstić information content (AvgIpc) is 3.58. The molecule has 6 rings (SSSR count). The minimum atomic E-state index is -0.303. The summed E-state index contributed by atoms with van der Waals surface area (Å²) in [6, 6.07) is 15.2. The van der Waals surface area contributed by atoms with E-state index in [1.54, 1.807) is 23.9 Å². The predicted molar refractivity (Wildman–Crippen MR) is 126 cm³/mol. The lowest BCUT2D eigenvalue weighted by atomic mass is 10.1. The van der Waals surface area contributed by atoms with Crippen LogP contribution in [0.2, 0.25) is 0 Å². The first-order chi connectivity index (χ1) is 16.2. The van der Waals surface area contributed by atoms with Crippen LogP contribution in [0.25, 0.3) is 27.3 Å². The maximum absolute atomic E-state index is 13.0. The molecule has 0 atom stereocenters. The summed E-state index contributed by atoms with van der Waals surface area (Å²) in [6.45, 7) is 0.723. The van der Waals surface area contributed by atoms with Gasteiger partial charge in [-0.1, -0.05) is 35.6 Å². The van der Waals surface area contributed by atoms with Gasteiger partial charge in [0.2, 0.25) is 0 Å². The Morgan fingerprint density at radius 2 is 1.97 bits per heavy atom. The number of aromatic amines is 1. The number of fused-ring (bicyclic) bond motifs is 2. The van der Waals surface area contributed by atoms with E-state index >= 15 is 0 Å². The third kappa shape index (κ3) is 3.64. The lowest BCUT2D eigenvalue weighted by molar-refractivity contribution is -0.515. The van der Waals surface area contributed by atoms with Gasteiger partial charge in [-0.2, -0.15) is 4.40 Å². The number of nitrogens with one attached hydrogen (secondary N) is 2. The average molecular weight is 453 g/mol. The molecule has 2 aromatic carbocycles. The second-order valence-electron chi connectivity index (χ2n) is 7.55. The SMILES string of the molecule is O=C(Nc1ccccc1-c1c[n+]2c(Cn3ccnc3)csc2[nH]1)c1cnc2ccccc2n1. The zero-order valence-corrected chi connectivity index (χ0v) is 18.2. The third-order valence-electron chi connectivity index (χ3n) is 5.39. The van der Waals surface area contributed by atoms with Gasteiger partial charge in [0.05, 0.1) is 35.8 Å². The number of rotatable bonds is 5. The molecule has 0 fully saturated rings. The number of carbonyl (C=O) groups is 1. The molecule has 4 aromatic heterocycles. The highest BCUT2D eigenvalue weighted by molar-refractivity contribution is 7.14. The van der Waals surface area contributed by atoms with E-state index in [2.05, 4.69) is 41.2 Å². The van der Waals surface area contributed by atoms with Gasteiger partial charge in [0, 0.05) is 23.3 Å². The van der Waals surface area contributed by atoms with E-state index < -0.39 is 0 Å². The molecule has 0 unspecified atom stereocenters. The zero-order chi connectivity index (χ0) is 22.2. The number of anilines is 1. The van der Waals surface area contributed by atoms with Crippen molar-refractivity contribution in [3.63, 3.8) is 0 Å². The number of aromatic nitrogens is 6. The Hall–Kier alpha value is -4.37. The highest BCUT2D eigenvalue weighted by atomic mass is 32.1. The molecule has 6 aromatic rings. The molecule has 33 heavy (non-hydrogen) atoms. The molecule has 0 saturated heterocycles. The number of benzene rings is 2. The fourth-order valence-electron chi connectivity index (χ4n) is 3.77. The number of nitrogens with zero attached hydrogens (tertiary/aromatic N) is 5. The standard InChI is InChI=1S/C24H17N7OS/c32-23(21-11-26-19-7-3-4-8-20(19)27-21)28-18-6-2-1-5-17(18)22-13-31-16(14-33-24(31)29-22)12-30-10-9-25-15-30/h1-11,13-15H,12H2,(H,28,32)/p+1. The fraction of sp³-hybridized carbons (Fsp3) is 0.0417. The molecule has 8 nitrogen and oxygen atoms in total. The highest BCUT2D eigenvalue weighted by Gasteiger charge is 2.20. The number of imidazole rings is 2. The van der Waals surface area contributed by atoms with Crippen molar-refractivity contribution in [1.82, 2.24) is 24.5 Å². The Bertz CT molecular complexity index is 1600. The Labute approximate surface area is 192 Å². The first kappa shape index (κ1) is 19.3. The van der Waals surface area contributed by atoms with Crippen LogP contribution in [0.3, 0.4) is 0 Å². The molecule has 0 aliphatic heterocycles. The first-order valence-electron chi connectivity index (χ1n) is 10.3. The Balaban J connectivity index is 1.31. The number of thiazole rings is 1. The lowest BCUT2D eigenvalue weighted by Crippen LogP contribution is -2.22. The molecule has 0 spiro atoms. The van der Waals surface area contributed by atoms with Crippen molar-refractivity contribution in [2.45, 2.75) is 6.54 Å². The van der Waals surface area contributed by atoms with Crippen LogP contribution in [-0.2, 0) is 6.54 Å². The molecule has 0 aliphatic carbocycles. The molecule has 160 valence electrons. The summed E-state index contributed by atoms with van der Waals surface area (Å²) in [4.78, 5) is 30.4. The van der Waals surface area contributed by atoms with E-state index in [0.29, 0.717) is 11.2 Å². The van der Waals surface area contributed by atoms with Crippen molar-refractivity contribution in [2.75, 3.05) is 5.32 Å². The molecule has 4 heterocycles. The van der Waals surface area contributed by atoms with Crippen molar-refractivity contribution in [2.24, 2.45) is 0 Å². The van der Waals surface area contributed by atoms with Gasteiger partial charge < -0.3 is 9.88 Å². The van der Waals surface area contributed by atoms with Gasteiger partial charge in [0.15, 0.2) is 5.69 Å². The summed E-state index contributed by atoms with van der Waals surface area (Å²) in [7, 11) is 0. The van der Waals surface area contributed by atoms with Gasteiger partial charge in [-0.3, -0.25) is 9.78 Å². The van der Waals surface area contributed by atoms with Crippen LogP contribution in [0.5, 0.6) is 0 Å². The number of amides is 1. The maximum atomic E-state index is 13.0. The number of hydrogen-bond donors (Lipinski definition) is 2. The molecular weight excluding hydrogens is 434 g/mol. The second kappa shape index (κ2) is 7.95. The van der Waals surface area contributed by atoms with Crippen LogP contribution < -0.4 is 9.72 Å². The zero-order valence-electron chi connectivity index (χ0n) is 17.3. The monoisotopic (exact) mass is 452 g/mol. The molecule has 1 amide bonds. The summed E-state index contributed by atoms with van der Waals surface area (Å²) in [6.07, 6.45) is 9.08. The van der Waals surface area contributed by atoms with E-state index in [1.165, 1.54) is 6.20 Å². The minimum Gasteiger partial charge on any atom is -0.329 e. The van der Waals surface area contributed by atoms with E-state index in [-0.39, 0.29) is 11.6 Å². The van der Waals surface area contributed by atoms with Crippen molar-refractivity contribution in [3.8, 4) is 11.3 Å². The third-order valence-corrected chi connectivity index (χ3v) is 6.30. The molecule has 9 heteroatoms. The van der Waals surface area contributed by atoms with Gasteiger partial charge in [-0.25, -0.2) is 15.0 Å². The Morgan fingerprint density at radius 3 is 2.85 bits per heavy atom. The van der Waals surface area contributed by atoms with Crippen molar-refractivity contribution < 1.29 is 9.20 Å². The molecule has 0 bridgehead atoms. The molecular formula is C24H18N7OS+. The van der Waals surface area contributed by atoms with Crippen LogP contribution in [0.15, 0.2) is 85.0 Å². The minimum absolute atomic E-state index is 0.271. The Kier molecular flexibility index (Phi) is 4.66. The summed E-state index contributed by atoms with van der Waals surface area (Å²) >= 11 is 1.64. The normalized spacial score (nSPS) is 11.3.